The topological polar surface area (TPSA) is 55.4 Å². The molecular weight excluding hydrogens is 266 g/mol. The Labute approximate surface area is 124 Å². The highest BCUT2D eigenvalue weighted by molar-refractivity contribution is 5.97. The number of rotatable bonds is 2. The van der Waals surface area contributed by atoms with E-state index in [1.54, 1.807) is 0 Å². The summed E-state index contributed by atoms with van der Waals surface area (Å²) in [5.41, 5.74) is 1.28. The van der Waals surface area contributed by atoms with Gasteiger partial charge in [0.05, 0.1) is 12.3 Å². The summed E-state index contributed by atoms with van der Waals surface area (Å²) in [4.78, 5) is 24.4. The molecule has 1 aromatic rings. The first-order valence-corrected chi connectivity index (χ1v) is 7.69. The Kier molecular flexibility index (Phi) is 3.70. The Bertz CT molecular complexity index is 561. The number of carbonyl (C=O) groups excluding carboxylic acids is 2. The summed E-state index contributed by atoms with van der Waals surface area (Å²) in [6.45, 7) is 1.96. The summed E-state index contributed by atoms with van der Waals surface area (Å²) in [5, 5.41) is 2.97. The zero-order valence-electron chi connectivity index (χ0n) is 12.4. The first-order valence-electron chi connectivity index (χ1n) is 7.69. The molecule has 112 valence electrons. The predicted molar refractivity (Wildman–Crippen MR) is 79.8 cm³/mol. The third-order valence-corrected chi connectivity index (χ3v) is 4.74. The van der Waals surface area contributed by atoms with E-state index in [4.69, 9.17) is 4.74 Å². The average Bonchev–Trinajstić information content (AvgIpc) is 2.78. The van der Waals surface area contributed by atoms with Crippen molar-refractivity contribution in [3.8, 4) is 0 Å². The van der Waals surface area contributed by atoms with E-state index in [9.17, 15) is 9.59 Å². The number of ether oxygens (including phenoxy) is 1. The van der Waals surface area contributed by atoms with Crippen molar-refractivity contribution in [2.75, 3.05) is 5.32 Å². The number of esters is 1. The van der Waals surface area contributed by atoms with Gasteiger partial charge in [-0.05, 0) is 44.2 Å². The van der Waals surface area contributed by atoms with Crippen LogP contribution in [-0.4, -0.2) is 17.5 Å². The van der Waals surface area contributed by atoms with Crippen LogP contribution in [0.3, 0.4) is 0 Å². The number of hydrogen-bond donors (Lipinski definition) is 1. The van der Waals surface area contributed by atoms with Crippen molar-refractivity contribution >= 4 is 17.6 Å². The molecule has 1 heterocycles. The number of amides is 1. The molecule has 1 amide bonds. The van der Waals surface area contributed by atoms with E-state index in [-0.39, 0.29) is 24.2 Å². The Morgan fingerprint density at radius 2 is 1.95 bits per heavy atom. The molecule has 21 heavy (non-hydrogen) atoms. The van der Waals surface area contributed by atoms with Gasteiger partial charge in [0.1, 0.15) is 5.60 Å². The maximum absolute atomic E-state index is 12.6. The number of carbonyl (C=O) groups is 2. The monoisotopic (exact) mass is 287 g/mol. The van der Waals surface area contributed by atoms with Crippen LogP contribution < -0.4 is 5.32 Å². The average molecular weight is 287 g/mol. The highest BCUT2D eigenvalue weighted by Crippen LogP contribution is 2.44. The van der Waals surface area contributed by atoms with Crippen molar-refractivity contribution in [3.05, 3.63) is 29.8 Å². The first kappa shape index (κ1) is 14.1. The zero-order valence-corrected chi connectivity index (χ0v) is 12.4. The number of hydrogen-bond acceptors (Lipinski definition) is 3. The highest BCUT2D eigenvalue weighted by Gasteiger charge is 2.52. The largest absolute Gasteiger partial charge is 0.458 e. The summed E-state index contributed by atoms with van der Waals surface area (Å²) in [6.07, 6.45) is 5.04. The molecule has 0 radical (unpaired) electrons. The predicted octanol–water partition coefficient (Wildman–Crippen LogP) is 3.20. The molecule has 4 heteroatoms. The van der Waals surface area contributed by atoms with Gasteiger partial charge in [0, 0.05) is 5.69 Å². The Balaban J connectivity index is 1.79. The molecule has 1 saturated heterocycles. The van der Waals surface area contributed by atoms with Gasteiger partial charge in [0.2, 0.25) is 5.91 Å². The minimum Gasteiger partial charge on any atom is -0.458 e. The number of benzene rings is 1. The SMILES string of the molecule is Cc1ccccc1NC(=O)[C@@H]1CC(=O)OC12CCCCC2. The van der Waals surface area contributed by atoms with Gasteiger partial charge in [-0.15, -0.1) is 0 Å². The minimum absolute atomic E-state index is 0.0861. The third-order valence-electron chi connectivity index (χ3n) is 4.74. The summed E-state index contributed by atoms with van der Waals surface area (Å²) < 4.78 is 5.59. The Morgan fingerprint density at radius 3 is 2.67 bits per heavy atom. The summed E-state index contributed by atoms with van der Waals surface area (Å²) >= 11 is 0. The van der Waals surface area contributed by atoms with Crippen LogP contribution in [0.5, 0.6) is 0 Å². The number of para-hydroxylation sites is 1. The fraction of sp³-hybridized carbons (Fsp3) is 0.529. The molecule has 1 N–H and O–H groups in total. The molecule has 4 nitrogen and oxygen atoms in total. The van der Waals surface area contributed by atoms with Crippen LogP contribution in [0, 0.1) is 12.8 Å². The molecule has 1 saturated carbocycles. The van der Waals surface area contributed by atoms with Crippen molar-refractivity contribution in [2.45, 2.75) is 51.0 Å². The van der Waals surface area contributed by atoms with Crippen LogP contribution in [0.2, 0.25) is 0 Å². The van der Waals surface area contributed by atoms with Gasteiger partial charge in [-0.3, -0.25) is 9.59 Å². The number of anilines is 1. The highest BCUT2D eigenvalue weighted by atomic mass is 16.6. The molecule has 0 aromatic heterocycles. The Hall–Kier alpha value is -1.84. The molecule has 1 aliphatic heterocycles. The summed E-state index contributed by atoms with van der Waals surface area (Å²) in [5.74, 6) is -0.677. The lowest BCUT2D eigenvalue weighted by atomic mass is 9.75. The quantitative estimate of drug-likeness (QED) is 0.850. The van der Waals surface area contributed by atoms with Crippen LogP contribution >= 0.6 is 0 Å². The van der Waals surface area contributed by atoms with E-state index in [1.807, 2.05) is 31.2 Å². The second kappa shape index (κ2) is 5.51. The van der Waals surface area contributed by atoms with Gasteiger partial charge in [-0.1, -0.05) is 24.6 Å². The van der Waals surface area contributed by atoms with Crippen LogP contribution in [0.25, 0.3) is 0 Å². The first-order chi connectivity index (χ1) is 10.1. The van der Waals surface area contributed by atoms with Crippen LogP contribution in [0.15, 0.2) is 24.3 Å². The van der Waals surface area contributed by atoms with Gasteiger partial charge >= 0.3 is 5.97 Å². The number of nitrogens with one attached hydrogen (secondary N) is 1. The van der Waals surface area contributed by atoms with E-state index in [0.717, 1.165) is 43.4 Å². The lowest BCUT2D eigenvalue weighted by Gasteiger charge is -2.36. The molecule has 0 unspecified atom stereocenters. The van der Waals surface area contributed by atoms with Crippen LogP contribution in [-0.2, 0) is 14.3 Å². The van der Waals surface area contributed by atoms with E-state index >= 15 is 0 Å². The molecule has 1 aliphatic carbocycles. The maximum Gasteiger partial charge on any atom is 0.307 e. The molecule has 2 fully saturated rings. The second-order valence-corrected chi connectivity index (χ2v) is 6.16. The van der Waals surface area contributed by atoms with E-state index in [1.165, 1.54) is 0 Å². The maximum atomic E-state index is 12.6. The lowest BCUT2D eigenvalue weighted by molar-refractivity contribution is -0.153. The normalized spacial score (nSPS) is 23.9. The third kappa shape index (κ3) is 2.67. The van der Waals surface area contributed by atoms with Crippen molar-refractivity contribution in [2.24, 2.45) is 5.92 Å². The molecule has 0 bridgehead atoms. The molecule has 1 atom stereocenters. The van der Waals surface area contributed by atoms with Gasteiger partial charge in [-0.25, -0.2) is 0 Å². The standard InChI is InChI=1S/C17H21NO3/c1-12-7-3-4-8-14(12)18-16(20)13-11-15(19)21-17(13)9-5-2-6-10-17/h3-4,7-8,13H,2,5-6,9-11H2,1H3,(H,18,20)/t13-/m0/s1. The summed E-state index contributed by atoms with van der Waals surface area (Å²) in [7, 11) is 0. The smallest absolute Gasteiger partial charge is 0.307 e. The van der Waals surface area contributed by atoms with Crippen molar-refractivity contribution in [3.63, 3.8) is 0 Å². The fourth-order valence-corrected chi connectivity index (χ4v) is 3.56. The molecule has 1 spiro atoms. The van der Waals surface area contributed by atoms with Crippen molar-refractivity contribution < 1.29 is 14.3 Å². The second-order valence-electron chi connectivity index (χ2n) is 6.16. The molecule has 2 aliphatic rings. The lowest BCUT2D eigenvalue weighted by Crippen LogP contribution is -2.43. The van der Waals surface area contributed by atoms with Crippen LogP contribution in [0.4, 0.5) is 5.69 Å². The molecular formula is C17H21NO3. The Morgan fingerprint density at radius 1 is 1.24 bits per heavy atom. The van der Waals surface area contributed by atoms with E-state index in [0.29, 0.717) is 0 Å². The van der Waals surface area contributed by atoms with Gasteiger partial charge in [-0.2, -0.15) is 0 Å². The van der Waals surface area contributed by atoms with Crippen molar-refractivity contribution in [1.82, 2.24) is 0 Å². The van der Waals surface area contributed by atoms with Gasteiger partial charge in [0.15, 0.2) is 0 Å². The molecule has 1 aromatic carbocycles. The van der Waals surface area contributed by atoms with Gasteiger partial charge < -0.3 is 10.1 Å². The van der Waals surface area contributed by atoms with Gasteiger partial charge in [0.25, 0.3) is 0 Å². The van der Waals surface area contributed by atoms with Crippen molar-refractivity contribution in [1.29, 1.82) is 0 Å². The van der Waals surface area contributed by atoms with E-state index < -0.39 is 5.60 Å². The zero-order chi connectivity index (χ0) is 14.9. The minimum atomic E-state index is -0.553. The van der Waals surface area contributed by atoms with E-state index in [2.05, 4.69) is 5.32 Å². The van der Waals surface area contributed by atoms with Crippen LogP contribution in [0.1, 0.15) is 44.1 Å². The molecule has 3 rings (SSSR count). The fourth-order valence-electron chi connectivity index (χ4n) is 3.56. The number of aryl methyl sites for hydroxylation is 1. The summed E-state index contributed by atoms with van der Waals surface area (Å²) in [6, 6.07) is 7.69.